The molecule has 0 saturated carbocycles. The zero-order valence-electron chi connectivity index (χ0n) is 21.7. The van der Waals surface area contributed by atoms with E-state index < -0.39 is 18.3 Å². The standard InChI is InChI=1S/C30H36FNO4/c1-20(34-5)25-13-21(14-26(16-25)22-10-8-11-23(15-22)27(32)18-31)19-35-28-12-7-6-9-24(28)17-29(33)36-30(2,3)4/h6-16,20,27H,17-19,32H2,1-5H3/t20?,27-/m1/s1. The number of carbonyl (C=O) groups excluding carboxylic acids is 1. The van der Waals surface area contributed by atoms with Crippen molar-refractivity contribution in [3.63, 3.8) is 0 Å². The van der Waals surface area contributed by atoms with Crippen LogP contribution >= 0.6 is 0 Å². The van der Waals surface area contributed by atoms with E-state index in [1.165, 1.54) is 0 Å². The van der Waals surface area contributed by atoms with Crippen LogP contribution in [0.25, 0.3) is 11.1 Å². The minimum Gasteiger partial charge on any atom is -0.489 e. The van der Waals surface area contributed by atoms with Crippen molar-refractivity contribution in [2.24, 2.45) is 5.73 Å². The van der Waals surface area contributed by atoms with Gasteiger partial charge in [-0.05, 0) is 85.8 Å². The zero-order chi connectivity index (χ0) is 26.3. The fourth-order valence-electron chi connectivity index (χ4n) is 3.86. The summed E-state index contributed by atoms with van der Waals surface area (Å²) in [5.74, 6) is 0.328. The number of hydrogen-bond donors (Lipinski definition) is 1. The summed E-state index contributed by atoms with van der Waals surface area (Å²) in [6.07, 6.45) is 0.000530. The van der Waals surface area contributed by atoms with Gasteiger partial charge in [0.15, 0.2) is 0 Å². The average Bonchev–Trinajstić information content (AvgIpc) is 2.86. The maximum absolute atomic E-state index is 13.2. The molecule has 0 radical (unpaired) electrons. The molecule has 2 atom stereocenters. The van der Waals surface area contributed by atoms with Gasteiger partial charge in [-0.25, -0.2) is 4.39 Å². The molecule has 0 aliphatic heterocycles. The number of esters is 1. The number of para-hydroxylation sites is 1. The van der Waals surface area contributed by atoms with Gasteiger partial charge in [0, 0.05) is 12.7 Å². The Hall–Kier alpha value is -3.22. The van der Waals surface area contributed by atoms with Crippen molar-refractivity contribution < 1.29 is 23.4 Å². The van der Waals surface area contributed by atoms with Crippen LogP contribution in [-0.2, 0) is 27.3 Å². The largest absolute Gasteiger partial charge is 0.489 e. The maximum atomic E-state index is 13.2. The molecule has 36 heavy (non-hydrogen) atoms. The third-order valence-corrected chi connectivity index (χ3v) is 5.77. The molecule has 192 valence electrons. The first-order valence-corrected chi connectivity index (χ1v) is 12.1. The van der Waals surface area contributed by atoms with E-state index in [1.54, 1.807) is 7.11 Å². The summed E-state index contributed by atoms with van der Waals surface area (Å²) in [6, 6.07) is 20.6. The predicted octanol–water partition coefficient (Wildman–Crippen LogP) is 6.49. The highest BCUT2D eigenvalue weighted by Gasteiger charge is 2.18. The molecule has 3 aromatic carbocycles. The molecule has 6 heteroatoms. The number of benzene rings is 3. The molecular formula is C30H36FNO4. The molecule has 0 aliphatic rings. The van der Waals surface area contributed by atoms with Crippen LogP contribution in [0.1, 0.15) is 62.1 Å². The van der Waals surface area contributed by atoms with Crippen molar-refractivity contribution in [3.05, 3.63) is 89.0 Å². The van der Waals surface area contributed by atoms with Gasteiger partial charge in [0.2, 0.25) is 0 Å². The Bertz CT molecular complexity index is 1170. The summed E-state index contributed by atoms with van der Waals surface area (Å²) in [5, 5.41) is 0. The monoisotopic (exact) mass is 493 g/mol. The van der Waals surface area contributed by atoms with Crippen molar-refractivity contribution in [2.75, 3.05) is 13.8 Å². The normalized spacial score (nSPS) is 13.2. The number of ether oxygens (including phenoxy) is 3. The minimum atomic E-state index is -0.657. The van der Waals surface area contributed by atoms with E-state index in [9.17, 15) is 9.18 Å². The van der Waals surface area contributed by atoms with Crippen molar-refractivity contribution >= 4 is 5.97 Å². The van der Waals surface area contributed by atoms with E-state index in [0.717, 1.165) is 33.4 Å². The Balaban J connectivity index is 1.87. The first kappa shape index (κ1) is 27.4. The quantitative estimate of drug-likeness (QED) is 0.327. The average molecular weight is 494 g/mol. The van der Waals surface area contributed by atoms with Crippen LogP contribution < -0.4 is 10.5 Å². The van der Waals surface area contributed by atoms with E-state index in [1.807, 2.05) is 88.4 Å². The smallest absolute Gasteiger partial charge is 0.310 e. The molecule has 2 N–H and O–H groups in total. The highest BCUT2D eigenvalue weighted by atomic mass is 19.1. The fourth-order valence-corrected chi connectivity index (χ4v) is 3.86. The number of alkyl halides is 1. The molecule has 0 spiro atoms. The topological polar surface area (TPSA) is 70.8 Å². The van der Waals surface area contributed by atoms with Crippen molar-refractivity contribution in [1.29, 1.82) is 0 Å². The Morgan fingerprint density at radius 2 is 1.69 bits per heavy atom. The van der Waals surface area contributed by atoms with Gasteiger partial charge in [-0.15, -0.1) is 0 Å². The highest BCUT2D eigenvalue weighted by molar-refractivity contribution is 5.74. The van der Waals surface area contributed by atoms with E-state index in [-0.39, 0.29) is 18.5 Å². The Labute approximate surface area is 213 Å². The van der Waals surface area contributed by atoms with Gasteiger partial charge in [0.25, 0.3) is 0 Å². The lowest BCUT2D eigenvalue weighted by atomic mass is 9.95. The summed E-state index contributed by atoms with van der Waals surface area (Å²) in [7, 11) is 1.67. The molecule has 5 nitrogen and oxygen atoms in total. The number of hydrogen-bond acceptors (Lipinski definition) is 5. The number of rotatable bonds is 10. The third kappa shape index (κ3) is 7.64. The van der Waals surface area contributed by atoms with Crippen LogP contribution in [0.2, 0.25) is 0 Å². The lowest BCUT2D eigenvalue weighted by Crippen LogP contribution is -2.25. The maximum Gasteiger partial charge on any atom is 0.310 e. The lowest BCUT2D eigenvalue weighted by Gasteiger charge is -2.20. The van der Waals surface area contributed by atoms with Crippen LogP contribution in [0.15, 0.2) is 66.7 Å². The summed E-state index contributed by atoms with van der Waals surface area (Å²) in [5.41, 5.74) is 10.7. The molecule has 3 aromatic rings. The van der Waals surface area contributed by atoms with Gasteiger partial charge in [0.05, 0.1) is 18.6 Å². The number of carbonyl (C=O) groups is 1. The summed E-state index contributed by atoms with van der Waals surface area (Å²) in [6.45, 7) is 7.20. The summed E-state index contributed by atoms with van der Waals surface area (Å²) < 4.78 is 30.4. The van der Waals surface area contributed by atoms with Gasteiger partial charge in [-0.3, -0.25) is 4.79 Å². The van der Waals surface area contributed by atoms with Gasteiger partial charge in [0.1, 0.15) is 24.6 Å². The van der Waals surface area contributed by atoms with E-state index in [4.69, 9.17) is 19.9 Å². The van der Waals surface area contributed by atoms with Crippen molar-refractivity contribution in [1.82, 2.24) is 0 Å². The van der Waals surface area contributed by atoms with Crippen molar-refractivity contribution in [3.8, 4) is 16.9 Å². The number of nitrogens with two attached hydrogens (primary N) is 1. The molecule has 0 amide bonds. The predicted molar refractivity (Wildman–Crippen MR) is 141 cm³/mol. The Morgan fingerprint density at radius 1 is 0.972 bits per heavy atom. The van der Waals surface area contributed by atoms with Crippen molar-refractivity contribution in [2.45, 2.75) is 58.5 Å². The van der Waals surface area contributed by atoms with Crippen LogP contribution in [0.3, 0.4) is 0 Å². The second-order valence-electron chi connectivity index (χ2n) is 9.89. The molecule has 0 heterocycles. The van der Waals surface area contributed by atoms with Crippen LogP contribution in [-0.4, -0.2) is 25.4 Å². The molecule has 3 rings (SSSR count). The Kier molecular flexibility index (Phi) is 9.24. The van der Waals surface area contributed by atoms with E-state index in [0.29, 0.717) is 12.4 Å². The van der Waals surface area contributed by atoms with Gasteiger partial charge >= 0.3 is 5.97 Å². The van der Waals surface area contributed by atoms with Crippen LogP contribution in [0, 0.1) is 0 Å². The molecule has 0 saturated heterocycles. The molecule has 0 fully saturated rings. The van der Waals surface area contributed by atoms with Crippen LogP contribution in [0.5, 0.6) is 5.75 Å². The second-order valence-corrected chi connectivity index (χ2v) is 9.89. The van der Waals surface area contributed by atoms with E-state index in [2.05, 4.69) is 6.07 Å². The number of methoxy groups -OCH3 is 1. The zero-order valence-corrected chi connectivity index (χ0v) is 21.7. The van der Waals surface area contributed by atoms with Gasteiger partial charge in [-0.1, -0.05) is 36.4 Å². The van der Waals surface area contributed by atoms with Crippen LogP contribution in [0.4, 0.5) is 4.39 Å². The second kappa shape index (κ2) is 12.2. The minimum absolute atomic E-state index is 0.126. The molecule has 1 unspecified atom stereocenters. The Morgan fingerprint density at radius 3 is 2.39 bits per heavy atom. The first-order valence-electron chi connectivity index (χ1n) is 12.1. The summed E-state index contributed by atoms with van der Waals surface area (Å²) >= 11 is 0. The lowest BCUT2D eigenvalue weighted by molar-refractivity contribution is -0.153. The highest BCUT2D eigenvalue weighted by Crippen LogP contribution is 2.29. The number of halogens is 1. The van der Waals surface area contributed by atoms with Gasteiger partial charge < -0.3 is 19.9 Å². The third-order valence-electron chi connectivity index (χ3n) is 5.77. The molecule has 0 aliphatic carbocycles. The van der Waals surface area contributed by atoms with E-state index >= 15 is 0 Å². The van der Waals surface area contributed by atoms with Gasteiger partial charge in [-0.2, -0.15) is 0 Å². The molecule has 0 aromatic heterocycles. The fraction of sp³-hybridized carbons (Fsp3) is 0.367. The SMILES string of the molecule is COC(C)c1cc(COc2ccccc2CC(=O)OC(C)(C)C)cc(-c2cccc([C@H](N)CF)c2)c1. The summed E-state index contributed by atoms with van der Waals surface area (Å²) in [4.78, 5) is 12.4. The molecular weight excluding hydrogens is 457 g/mol. The first-order chi connectivity index (χ1) is 17.1. The molecule has 0 bridgehead atoms.